The number of ether oxygens (including phenoxy) is 3. The summed E-state index contributed by atoms with van der Waals surface area (Å²) in [6.45, 7) is 3.11. The Morgan fingerprint density at radius 1 is 1.27 bits per heavy atom. The zero-order valence-electron chi connectivity index (χ0n) is 14.5. The van der Waals surface area contributed by atoms with Crippen molar-refractivity contribution >= 4 is 17.6 Å². The van der Waals surface area contributed by atoms with E-state index in [1.165, 1.54) is 25.1 Å². The van der Waals surface area contributed by atoms with Gasteiger partial charge in [0.2, 0.25) is 5.88 Å². The lowest BCUT2D eigenvalue weighted by molar-refractivity contribution is -0.385. The number of hydrogen-bond donors (Lipinski definition) is 1. The maximum atomic E-state index is 12.5. The van der Waals surface area contributed by atoms with Crippen LogP contribution in [0.25, 0.3) is 0 Å². The number of hydrogen-bond acceptors (Lipinski definition) is 8. The molecule has 1 heterocycles. The smallest absolute Gasteiger partial charge is 0.340 e. The van der Waals surface area contributed by atoms with Crippen LogP contribution in [-0.4, -0.2) is 30.6 Å². The fourth-order valence-electron chi connectivity index (χ4n) is 2.77. The average molecular weight is 362 g/mol. The molecule has 0 fully saturated rings. The third-order valence-electron chi connectivity index (χ3n) is 3.83. The first-order valence-corrected chi connectivity index (χ1v) is 7.70. The second kappa shape index (κ2) is 7.68. The van der Waals surface area contributed by atoms with Crippen LogP contribution in [0.15, 0.2) is 47.1 Å². The number of methoxy groups -OCH3 is 1. The van der Waals surface area contributed by atoms with E-state index in [0.717, 1.165) is 7.11 Å². The van der Waals surface area contributed by atoms with Crippen LogP contribution in [0.1, 0.15) is 25.3 Å². The molecule has 26 heavy (non-hydrogen) atoms. The van der Waals surface area contributed by atoms with E-state index in [2.05, 4.69) is 0 Å². The Labute approximate surface area is 149 Å². The number of allylic oxidation sites excluding steroid dienone is 1. The van der Waals surface area contributed by atoms with Crippen LogP contribution in [0.3, 0.4) is 0 Å². The summed E-state index contributed by atoms with van der Waals surface area (Å²) in [7, 11) is 1.16. The molecule has 9 heteroatoms. The molecule has 0 radical (unpaired) electrons. The fraction of sp³-hybridized carbons (Fsp3) is 0.294. The van der Waals surface area contributed by atoms with Crippen LogP contribution in [-0.2, 0) is 23.8 Å². The third kappa shape index (κ3) is 3.37. The van der Waals surface area contributed by atoms with Crippen molar-refractivity contribution in [2.45, 2.75) is 19.8 Å². The second-order valence-corrected chi connectivity index (χ2v) is 5.31. The number of para-hydroxylation sites is 1. The minimum absolute atomic E-state index is 0.0511. The topological polar surface area (TPSA) is 131 Å². The van der Waals surface area contributed by atoms with Gasteiger partial charge in [0.25, 0.3) is 5.69 Å². The van der Waals surface area contributed by atoms with Gasteiger partial charge in [-0.2, -0.15) is 0 Å². The van der Waals surface area contributed by atoms with E-state index in [4.69, 9.17) is 19.9 Å². The number of carbonyl (C=O) groups excluding carboxylic acids is 2. The van der Waals surface area contributed by atoms with Gasteiger partial charge in [-0.05, 0) is 13.8 Å². The molecular weight excluding hydrogens is 344 g/mol. The number of esters is 2. The Kier molecular flexibility index (Phi) is 5.61. The van der Waals surface area contributed by atoms with Crippen molar-refractivity contribution in [3.8, 4) is 0 Å². The maximum absolute atomic E-state index is 12.5. The summed E-state index contributed by atoms with van der Waals surface area (Å²) < 4.78 is 15.1. The van der Waals surface area contributed by atoms with E-state index in [-0.39, 0.29) is 40.6 Å². The van der Waals surface area contributed by atoms with Crippen LogP contribution < -0.4 is 5.73 Å². The number of nitrogens with zero attached hydrogens (tertiary/aromatic N) is 1. The molecule has 0 saturated carbocycles. The maximum Gasteiger partial charge on any atom is 0.340 e. The lowest BCUT2D eigenvalue weighted by Crippen LogP contribution is -2.30. The van der Waals surface area contributed by atoms with E-state index in [0.29, 0.717) is 0 Å². The Morgan fingerprint density at radius 2 is 1.92 bits per heavy atom. The molecule has 1 aliphatic heterocycles. The highest BCUT2D eigenvalue weighted by molar-refractivity contribution is 5.99. The molecule has 138 valence electrons. The lowest BCUT2D eigenvalue weighted by Gasteiger charge is -2.28. The minimum Gasteiger partial charge on any atom is -0.466 e. The van der Waals surface area contributed by atoms with Crippen LogP contribution in [0.2, 0.25) is 0 Å². The summed E-state index contributed by atoms with van der Waals surface area (Å²) in [5, 5.41) is 11.5. The normalized spacial score (nSPS) is 16.8. The van der Waals surface area contributed by atoms with Crippen LogP contribution in [0, 0.1) is 10.1 Å². The molecule has 9 nitrogen and oxygen atoms in total. The molecule has 1 aliphatic rings. The first kappa shape index (κ1) is 19.0. The van der Waals surface area contributed by atoms with Gasteiger partial charge in [0, 0.05) is 11.6 Å². The van der Waals surface area contributed by atoms with Gasteiger partial charge in [-0.1, -0.05) is 18.2 Å². The second-order valence-electron chi connectivity index (χ2n) is 5.31. The van der Waals surface area contributed by atoms with Gasteiger partial charge in [-0.3, -0.25) is 10.1 Å². The number of nitrogens with two attached hydrogens (primary N) is 1. The predicted molar refractivity (Wildman–Crippen MR) is 89.5 cm³/mol. The minimum atomic E-state index is -1.16. The molecular formula is C17H18N2O7. The fourth-order valence-corrected chi connectivity index (χ4v) is 2.77. The van der Waals surface area contributed by atoms with Crippen LogP contribution >= 0.6 is 0 Å². The number of carbonyl (C=O) groups is 2. The Morgan fingerprint density at radius 3 is 2.50 bits per heavy atom. The molecule has 2 N–H and O–H groups in total. The summed E-state index contributed by atoms with van der Waals surface area (Å²) in [6.07, 6.45) is 0. The van der Waals surface area contributed by atoms with Gasteiger partial charge in [-0.25, -0.2) is 9.59 Å². The summed E-state index contributed by atoms with van der Waals surface area (Å²) >= 11 is 0. The van der Waals surface area contributed by atoms with Gasteiger partial charge in [-0.15, -0.1) is 0 Å². The van der Waals surface area contributed by atoms with Crippen molar-refractivity contribution in [2.75, 3.05) is 13.7 Å². The summed E-state index contributed by atoms with van der Waals surface area (Å²) in [4.78, 5) is 35.6. The Hall–Kier alpha value is -3.36. The number of nitro benzene ring substituents is 1. The highest BCUT2D eigenvalue weighted by atomic mass is 16.6. The highest BCUT2D eigenvalue weighted by Crippen LogP contribution is 2.43. The molecule has 1 aromatic rings. The molecule has 0 spiro atoms. The molecule has 2 rings (SSSR count). The molecule has 1 aromatic carbocycles. The number of benzene rings is 1. The highest BCUT2D eigenvalue weighted by Gasteiger charge is 2.42. The van der Waals surface area contributed by atoms with E-state index in [1.807, 2.05) is 0 Å². The zero-order chi connectivity index (χ0) is 19.4. The van der Waals surface area contributed by atoms with Crippen molar-refractivity contribution in [2.24, 2.45) is 5.73 Å². The SMILES string of the molecule is CCOC(=O)C1=C(N)OC(C)=C(C(=O)OC)C1c1ccccc1[N+](=O)[O-]. The molecule has 1 atom stereocenters. The van der Waals surface area contributed by atoms with Crippen molar-refractivity contribution < 1.29 is 28.7 Å². The molecule has 0 aromatic heterocycles. The van der Waals surface area contributed by atoms with Gasteiger partial charge in [0.1, 0.15) is 11.3 Å². The number of nitro groups is 1. The van der Waals surface area contributed by atoms with Crippen molar-refractivity contribution in [1.82, 2.24) is 0 Å². The van der Waals surface area contributed by atoms with Crippen LogP contribution in [0.5, 0.6) is 0 Å². The van der Waals surface area contributed by atoms with Gasteiger partial charge in [0.05, 0.1) is 30.1 Å². The zero-order valence-corrected chi connectivity index (χ0v) is 14.5. The largest absolute Gasteiger partial charge is 0.466 e. The molecule has 0 amide bonds. The van der Waals surface area contributed by atoms with Crippen molar-refractivity contribution in [3.63, 3.8) is 0 Å². The standard InChI is InChI=1S/C17H18N2O7/c1-4-25-17(21)14-13(10-7-5-6-8-11(10)19(22)23)12(16(20)24-3)9(2)26-15(14)18/h5-8,13H,4,18H2,1-3H3. The Balaban J connectivity index is 2.77. The summed E-state index contributed by atoms with van der Waals surface area (Å²) in [6, 6.07) is 5.75. The monoisotopic (exact) mass is 362 g/mol. The molecule has 0 bridgehead atoms. The van der Waals surface area contributed by atoms with Crippen molar-refractivity contribution in [3.05, 3.63) is 62.7 Å². The average Bonchev–Trinajstić information content (AvgIpc) is 2.60. The first-order valence-electron chi connectivity index (χ1n) is 7.70. The van der Waals surface area contributed by atoms with E-state index < -0.39 is 22.8 Å². The van der Waals surface area contributed by atoms with E-state index >= 15 is 0 Å². The van der Waals surface area contributed by atoms with Crippen molar-refractivity contribution in [1.29, 1.82) is 0 Å². The summed E-state index contributed by atoms with van der Waals surface area (Å²) in [5.41, 5.74) is 5.44. The van der Waals surface area contributed by atoms with Crippen LogP contribution in [0.4, 0.5) is 5.69 Å². The quantitative estimate of drug-likeness (QED) is 0.477. The number of rotatable bonds is 5. The molecule has 0 aliphatic carbocycles. The van der Waals surface area contributed by atoms with E-state index in [1.54, 1.807) is 13.0 Å². The molecule has 1 unspecified atom stereocenters. The Bertz CT molecular complexity index is 826. The van der Waals surface area contributed by atoms with Gasteiger partial charge >= 0.3 is 11.9 Å². The lowest BCUT2D eigenvalue weighted by atomic mass is 9.81. The molecule has 0 saturated heterocycles. The van der Waals surface area contributed by atoms with Gasteiger partial charge in [0.15, 0.2) is 0 Å². The third-order valence-corrected chi connectivity index (χ3v) is 3.83. The predicted octanol–water partition coefficient (Wildman–Crippen LogP) is 1.89. The first-order chi connectivity index (χ1) is 12.3. The summed E-state index contributed by atoms with van der Waals surface area (Å²) in [5.74, 6) is -2.97. The van der Waals surface area contributed by atoms with Gasteiger partial charge < -0.3 is 19.9 Å². The van der Waals surface area contributed by atoms with E-state index in [9.17, 15) is 19.7 Å².